The number of nitrogens with zero attached hydrogens (tertiary/aromatic N) is 2. The number of benzene rings is 2. The van der Waals surface area contributed by atoms with Gasteiger partial charge in [0, 0.05) is 17.0 Å². The minimum Gasteiger partial charge on any atom is -0.497 e. The summed E-state index contributed by atoms with van der Waals surface area (Å²) in [6.07, 6.45) is 0. The van der Waals surface area contributed by atoms with E-state index in [2.05, 4.69) is 48.0 Å². The maximum absolute atomic E-state index is 13.0. The van der Waals surface area contributed by atoms with E-state index in [-0.39, 0.29) is 5.56 Å². The number of hydrogen-bond donors (Lipinski definition) is 1. The van der Waals surface area contributed by atoms with E-state index in [0.717, 1.165) is 33.1 Å². The van der Waals surface area contributed by atoms with E-state index in [4.69, 9.17) is 9.72 Å². The van der Waals surface area contributed by atoms with Crippen LogP contribution in [-0.2, 0) is 13.1 Å². The standard InChI is InChI=1S/C24H25N3O2S/c1-15-5-9-18(10-6-15)21-16(2)30-24-22(21)23(28)25-20(26-24)14-27(3)13-17-7-11-19(29-4)12-8-17/h5-12H,13-14H2,1-4H3,(H,25,26,28). The van der Waals surface area contributed by atoms with Crippen molar-refractivity contribution in [2.45, 2.75) is 26.9 Å². The van der Waals surface area contributed by atoms with Gasteiger partial charge >= 0.3 is 0 Å². The van der Waals surface area contributed by atoms with Gasteiger partial charge in [0.15, 0.2) is 0 Å². The zero-order chi connectivity index (χ0) is 21.3. The predicted molar refractivity (Wildman–Crippen MR) is 123 cm³/mol. The zero-order valence-electron chi connectivity index (χ0n) is 17.7. The molecule has 2 aromatic carbocycles. The number of H-pyrrole nitrogens is 1. The molecule has 0 aliphatic rings. The Morgan fingerprint density at radius 1 is 1.03 bits per heavy atom. The van der Waals surface area contributed by atoms with Crippen molar-refractivity contribution in [1.29, 1.82) is 0 Å². The van der Waals surface area contributed by atoms with Gasteiger partial charge in [0.2, 0.25) is 0 Å². The molecule has 4 aromatic rings. The summed E-state index contributed by atoms with van der Waals surface area (Å²) in [7, 11) is 3.68. The third-order valence-electron chi connectivity index (χ3n) is 5.16. The highest BCUT2D eigenvalue weighted by molar-refractivity contribution is 7.19. The first-order valence-corrected chi connectivity index (χ1v) is 10.7. The van der Waals surface area contributed by atoms with Crippen molar-refractivity contribution in [3.05, 3.63) is 80.7 Å². The Kier molecular flexibility index (Phi) is 5.70. The highest BCUT2D eigenvalue weighted by Crippen LogP contribution is 2.35. The minimum absolute atomic E-state index is 0.0761. The molecule has 5 nitrogen and oxygen atoms in total. The predicted octanol–water partition coefficient (Wildman–Crippen LogP) is 4.91. The number of aryl methyl sites for hydroxylation is 2. The van der Waals surface area contributed by atoms with Gasteiger partial charge in [-0.2, -0.15) is 0 Å². The molecular weight excluding hydrogens is 394 g/mol. The molecule has 0 saturated heterocycles. The molecule has 2 aromatic heterocycles. The van der Waals surface area contributed by atoms with E-state index in [1.165, 1.54) is 11.1 Å². The fraction of sp³-hybridized carbons (Fsp3) is 0.250. The number of methoxy groups -OCH3 is 1. The Hall–Kier alpha value is -2.96. The van der Waals surface area contributed by atoms with E-state index in [1.54, 1.807) is 18.4 Å². The summed E-state index contributed by atoms with van der Waals surface area (Å²) in [5, 5.41) is 0.683. The number of thiophene rings is 1. The summed E-state index contributed by atoms with van der Waals surface area (Å²) in [4.78, 5) is 24.8. The Morgan fingerprint density at radius 3 is 2.40 bits per heavy atom. The first-order valence-electron chi connectivity index (χ1n) is 9.85. The van der Waals surface area contributed by atoms with Crippen LogP contribution in [0.4, 0.5) is 0 Å². The van der Waals surface area contributed by atoms with Gasteiger partial charge in [-0.25, -0.2) is 4.98 Å². The van der Waals surface area contributed by atoms with Crippen molar-refractivity contribution in [1.82, 2.24) is 14.9 Å². The SMILES string of the molecule is COc1ccc(CN(C)Cc2nc3sc(C)c(-c4ccc(C)cc4)c3c(=O)[nH]2)cc1. The van der Waals surface area contributed by atoms with Crippen LogP contribution >= 0.6 is 11.3 Å². The van der Waals surface area contributed by atoms with Gasteiger partial charge in [-0.15, -0.1) is 11.3 Å². The summed E-state index contributed by atoms with van der Waals surface area (Å²) in [6, 6.07) is 16.3. The van der Waals surface area contributed by atoms with Gasteiger partial charge in [-0.3, -0.25) is 9.69 Å². The number of hydrogen-bond acceptors (Lipinski definition) is 5. The molecule has 0 aliphatic carbocycles. The lowest BCUT2D eigenvalue weighted by atomic mass is 10.0. The smallest absolute Gasteiger partial charge is 0.260 e. The molecule has 6 heteroatoms. The molecule has 4 rings (SSSR count). The number of ether oxygens (including phenoxy) is 1. The van der Waals surface area contributed by atoms with Gasteiger partial charge in [0.25, 0.3) is 5.56 Å². The third kappa shape index (κ3) is 4.15. The Bertz CT molecular complexity index is 1220. The first kappa shape index (κ1) is 20.3. The van der Waals surface area contributed by atoms with Crippen molar-refractivity contribution in [2.75, 3.05) is 14.2 Å². The number of fused-ring (bicyclic) bond motifs is 1. The van der Waals surface area contributed by atoms with Crippen LogP contribution in [0.5, 0.6) is 5.75 Å². The fourth-order valence-electron chi connectivity index (χ4n) is 3.66. The Balaban J connectivity index is 1.60. The maximum atomic E-state index is 13.0. The average molecular weight is 420 g/mol. The zero-order valence-corrected chi connectivity index (χ0v) is 18.5. The fourth-order valence-corrected chi connectivity index (χ4v) is 4.73. The van der Waals surface area contributed by atoms with Crippen molar-refractivity contribution < 1.29 is 4.74 Å². The van der Waals surface area contributed by atoms with Crippen molar-refractivity contribution in [3.8, 4) is 16.9 Å². The van der Waals surface area contributed by atoms with Crippen molar-refractivity contribution in [2.24, 2.45) is 0 Å². The Morgan fingerprint density at radius 2 is 1.73 bits per heavy atom. The van der Waals surface area contributed by atoms with Gasteiger partial charge in [0.05, 0.1) is 19.0 Å². The van der Waals surface area contributed by atoms with Crippen LogP contribution in [0, 0.1) is 13.8 Å². The molecule has 30 heavy (non-hydrogen) atoms. The lowest BCUT2D eigenvalue weighted by Gasteiger charge is -2.16. The van der Waals surface area contributed by atoms with Crippen LogP contribution in [0.1, 0.15) is 21.8 Å². The largest absolute Gasteiger partial charge is 0.497 e. The van der Waals surface area contributed by atoms with Gasteiger partial charge in [0.1, 0.15) is 16.4 Å². The Labute approximate surface area is 180 Å². The van der Waals surface area contributed by atoms with Crippen LogP contribution in [0.2, 0.25) is 0 Å². The monoisotopic (exact) mass is 419 g/mol. The van der Waals surface area contributed by atoms with Gasteiger partial charge < -0.3 is 9.72 Å². The second-order valence-electron chi connectivity index (χ2n) is 7.61. The molecule has 2 heterocycles. The summed E-state index contributed by atoms with van der Waals surface area (Å²) >= 11 is 1.58. The van der Waals surface area contributed by atoms with E-state index >= 15 is 0 Å². The number of aromatic amines is 1. The molecule has 0 fully saturated rings. The lowest BCUT2D eigenvalue weighted by Crippen LogP contribution is -2.21. The highest BCUT2D eigenvalue weighted by atomic mass is 32.1. The summed E-state index contributed by atoms with van der Waals surface area (Å²) < 4.78 is 5.21. The van der Waals surface area contributed by atoms with Crippen molar-refractivity contribution in [3.63, 3.8) is 0 Å². The molecule has 0 unspecified atom stereocenters. The summed E-state index contributed by atoms with van der Waals surface area (Å²) in [5.74, 6) is 1.52. The summed E-state index contributed by atoms with van der Waals surface area (Å²) in [5.41, 5.74) is 4.34. The maximum Gasteiger partial charge on any atom is 0.260 e. The molecular formula is C24H25N3O2S. The second-order valence-corrected chi connectivity index (χ2v) is 8.82. The summed E-state index contributed by atoms with van der Waals surface area (Å²) in [6.45, 7) is 5.43. The molecule has 154 valence electrons. The van der Waals surface area contributed by atoms with Crippen LogP contribution < -0.4 is 10.3 Å². The molecule has 0 aliphatic heterocycles. The van der Waals surface area contributed by atoms with E-state index in [1.807, 2.05) is 31.3 Å². The van der Waals surface area contributed by atoms with Crippen LogP contribution in [0.3, 0.4) is 0 Å². The number of aromatic nitrogens is 2. The second kappa shape index (κ2) is 8.42. The van der Waals surface area contributed by atoms with Crippen LogP contribution in [0.25, 0.3) is 21.3 Å². The van der Waals surface area contributed by atoms with Crippen LogP contribution in [-0.4, -0.2) is 29.0 Å². The molecule has 0 radical (unpaired) electrons. The molecule has 1 N–H and O–H groups in total. The molecule has 0 atom stereocenters. The van der Waals surface area contributed by atoms with Gasteiger partial charge in [-0.05, 0) is 44.2 Å². The normalized spacial score (nSPS) is 11.4. The average Bonchev–Trinajstić information content (AvgIpc) is 3.05. The molecule has 0 spiro atoms. The molecule has 0 amide bonds. The van der Waals surface area contributed by atoms with Crippen molar-refractivity contribution >= 4 is 21.6 Å². The number of rotatable bonds is 6. The van der Waals surface area contributed by atoms with E-state index < -0.39 is 0 Å². The van der Waals surface area contributed by atoms with E-state index in [0.29, 0.717) is 17.8 Å². The number of nitrogens with one attached hydrogen (secondary N) is 1. The van der Waals surface area contributed by atoms with Gasteiger partial charge in [-0.1, -0.05) is 42.0 Å². The quantitative estimate of drug-likeness (QED) is 0.482. The molecule has 0 bridgehead atoms. The topological polar surface area (TPSA) is 58.2 Å². The minimum atomic E-state index is -0.0761. The first-order chi connectivity index (χ1) is 14.4. The van der Waals surface area contributed by atoms with Crippen LogP contribution in [0.15, 0.2) is 53.3 Å². The lowest BCUT2D eigenvalue weighted by molar-refractivity contribution is 0.310. The highest BCUT2D eigenvalue weighted by Gasteiger charge is 2.17. The van der Waals surface area contributed by atoms with E-state index in [9.17, 15) is 4.79 Å². The molecule has 0 saturated carbocycles. The third-order valence-corrected chi connectivity index (χ3v) is 6.16.